The Bertz CT molecular complexity index is 681. The van der Waals surface area contributed by atoms with Gasteiger partial charge in [0.2, 0.25) is 0 Å². The zero-order chi connectivity index (χ0) is 15.9. The Labute approximate surface area is 124 Å². The minimum atomic E-state index is -4.67. The summed E-state index contributed by atoms with van der Waals surface area (Å²) in [5.74, 6) is 0. The van der Waals surface area contributed by atoms with E-state index >= 15 is 0 Å². The van der Waals surface area contributed by atoms with E-state index in [2.05, 4.69) is 5.10 Å². The molecule has 0 aliphatic carbocycles. The van der Waals surface area contributed by atoms with Gasteiger partial charge >= 0.3 is 13.3 Å². The molecule has 22 heavy (non-hydrogen) atoms. The predicted molar refractivity (Wildman–Crippen MR) is 73.4 cm³/mol. The van der Waals surface area contributed by atoms with Crippen LogP contribution in [-0.2, 0) is 10.9 Å². The largest absolute Gasteiger partial charge is 0.489 e. The Morgan fingerprint density at radius 2 is 2.05 bits per heavy atom. The van der Waals surface area contributed by atoms with Crippen LogP contribution in [0.3, 0.4) is 0 Å². The molecular formula is C13H14BF3N2O3. The smallest absolute Gasteiger partial charge is 0.423 e. The lowest BCUT2D eigenvalue weighted by Crippen LogP contribution is -2.36. The van der Waals surface area contributed by atoms with E-state index in [1.54, 1.807) is 0 Å². The number of nitrogens with zero attached hydrogens (tertiary/aromatic N) is 2. The molecule has 1 aliphatic heterocycles. The van der Waals surface area contributed by atoms with Gasteiger partial charge in [-0.15, -0.1) is 0 Å². The number of fused-ring (bicyclic) bond motifs is 1. The van der Waals surface area contributed by atoms with Crippen molar-refractivity contribution >= 4 is 23.5 Å². The maximum atomic E-state index is 13.0. The van der Waals surface area contributed by atoms with Crippen molar-refractivity contribution in [3.63, 3.8) is 0 Å². The van der Waals surface area contributed by atoms with Gasteiger partial charge in [-0.1, -0.05) is 0 Å². The number of benzene rings is 1. The van der Waals surface area contributed by atoms with Gasteiger partial charge in [0.1, 0.15) is 0 Å². The Morgan fingerprint density at radius 3 is 2.64 bits per heavy atom. The van der Waals surface area contributed by atoms with Crippen LogP contribution in [0.1, 0.15) is 31.1 Å². The van der Waals surface area contributed by atoms with Gasteiger partial charge in [0.25, 0.3) is 0 Å². The van der Waals surface area contributed by atoms with Gasteiger partial charge in [0, 0.05) is 12.0 Å². The fourth-order valence-corrected chi connectivity index (χ4v) is 2.71. The summed E-state index contributed by atoms with van der Waals surface area (Å²) >= 11 is 0. The topological polar surface area (TPSA) is 67.5 Å². The molecular weight excluding hydrogens is 300 g/mol. The molecule has 1 saturated heterocycles. The normalized spacial score (nSPS) is 19.6. The molecule has 9 heteroatoms. The van der Waals surface area contributed by atoms with Crippen LogP contribution in [0.5, 0.6) is 0 Å². The average molecular weight is 314 g/mol. The SMILES string of the molecule is OB(O)c1cc2c(cnn2C2CCCCO2)cc1C(F)(F)F. The second-order valence-corrected chi connectivity index (χ2v) is 5.28. The molecule has 0 spiro atoms. The van der Waals surface area contributed by atoms with E-state index in [-0.39, 0.29) is 11.6 Å². The first-order valence-corrected chi connectivity index (χ1v) is 6.94. The molecule has 1 unspecified atom stereocenters. The molecule has 0 saturated carbocycles. The van der Waals surface area contributed by atoms with E-state index in [9.17, 15) is 23.2 Å². The third kappa shape index (κ3) is 2.71. The highest BCUT2D eigenvalue weighted by molar-refractivity contribution is 6.59. The van der Waals surface area contributed by atoms with Crippen LogP contribution >= 0.6 is 0 Å². The highest BCUT2D eigenvalue weighted by atomic mass is 19.4. The average Bonchev–Trinajstić information content (AvgIpc) is 2.89. The van der Waals surface area contributed by atoms with Gasteiger partial charge < -0.3 is 14.8 Å². The molecule has 2 heterocycles. The number of hydrogen-bond donors (Lipinski definition) is 2. The van der Waals surface area contributed by atoms with Gasteiger partial charge in [-0.2, -0.15) is 18.3 Å². The summed E-state index contributed by atoms with van der Waals surface area (Å²) in [6.45, 7) is 0.572. The van der Waals surface area contributed by atoms with Gasteiger partial charge in [-0.05, 0) is 36.9 Å². The molecule has 118 valence electrons. The van der Waals surface area contributed by atoms with E-state index in [0.29, 0.717) is 12.1 Å². The minimum absolute atomic E-state index is 0.283. The number of alkyl halides is 3. The van der Waals surface area contributed by atoms with Crippen molar-refractivity contribution in [3.8, 4) is 0 Å². The van der Waals surface area contributed by atoms with E-state index in [4.69, 9.17) is 4.74 Å². The highest BCUT2D eigenvalue weighted by Crippen LogP contribution is 2.32. The third-order valence-corrected chi connectivity index (χ3v) is 3.78. The molecule has 1 atom stereocenters. The summed E-state index contributed by atoms with van der Waals surface area (Å²) in [5.41, 5.74) is -1.26. The second-order valence-electron chi connectivity index (χ2n) is 5.28. The molecule has 5 nitrogen and oxygen atoms in total. The fourth-order valence-electron chi connectivity index (χ4n) is 2.71. The van der Waals surface area contributed by atoms with Crippen molar-refractivity contribution in [1.82, 2.24) is 9.78 Å². The number of hydrogen-bond acceptors (Lipinski definition) is 4. The standard InChI is InChI=1S/C13H14BF3N2O3/c15-13(16,17)9-5-8-7-18-19(12-3-1-2-4-22-12)11(8)6-10(9)14(20)21/h5-7,12,20-21H,1-4H2. The number of aromatic nitrogens is 2. The number of ether oxygens (including phenoxy) is 1. The van der Waals surface area contributed by atoms with Crippen molar-refractivity contribution in [1.29, 1.82) is 0 Å². The Morgan fingerprint density at radius 1 is 1.27 bits per heavy atom. The van der Waals surface area contributed by atoms with Crippen LogP contribution in [0, 0.1) is 0 Å². The summed E-state index contributed by atoms with van der Waals surface area (Å²) in [6, 6.07) is 2.00. The van der Waals surface area contributed by atoms with Crippen LogP contribution in [0.2, 0.25) is 0 Å². The summed E-state index contributed by atoms with van der Waals surface area (Å²) in [5, 5.41) is 22.9. The Hall–Kier alpha value is -1.58. The lowest BCUT2D eigenvalue weighted by molar-refractivity contribution is -0.136. The molecule has 0 amide bonds. The van der Waals surface area contributed by atoms with E-state index in [0.717, 1.165) is 31.4 Å². The third-order valence-electron chi connectivity index (χ3n) is 3.78. The van der Waals surface area contributed by atoms with Crippen molar-refractivity contribution in [2.24, 2.45) is 0 Å². The maximum Gasteiger partial charge on any atom is 0.489 e. The summed E-state index contributed by atoms with van der Waals surface area (Å²) in [7, 11) is -2.21. The van der Waals surface area contributed by atoms with Crippen LogP contribution in [0.4, 0.5) is 13.2 Å². The van der Waals surface area contributed by atoms with Gasteiger partial charge in [0.15, 0.2) is 6.23 Å². The van der Waals surface area contributed by atoms with Gasteiger partial charge in [0.05, 0.1) is 17.3 Å². The summed E-state index contributed by atoms with van der Waals surface area (Å²) in [6.07, 6.45) is -1.08. The predicted octanol–water partition coefficient (Wildman–Crippen LogP) is 1.43. The van der Waals surface area contributed by atoms with Crippen LogP contribution in [0.25, 0.3) is 10.9 Å². The Balaban J connectivity index is 2.13. The fraction of sp³-hybridized carbons (Fsp3) is 0.462. The molecule has 3 rings (SSSR count). The molecule has 0 bridgehead atoms. The summed E-state index contributed by atoms with van der Waals surface area (Å²) < 4.78 is 46.2. The minimum Gasteiger partial charge on any atom is -0.423 e. The van der Waals surface area contributed by atoms with E-state index in [1.165, 1.54) is 10.9 Å². The monoisotopic (exact) mass is 314 g/mol. The number of rotatable bonds is 2. The highest BCUT2D eigenvalue weighted by Gasteiger charge is 2.37. The molecule has 0 radical (unpaired) electrons. The van der Waals surface area contributed by atoms with Crippen molar-refractivity contribution < 1.29 is 28.0 Å². The Kier molecular flexibility index (Phi) is 3.88. The molecule has 2 N–H and O–H groups in total. The lowest BCUT2D eigenvalue weighted by Gasteiger charge is -2.23. The first-order chi connectivity index (χ1) is 10.4. The zero-order valence-electron chi connectivity index (χ0n) is 11.5. The van der Waals surface area contributed by atoms with Gasteiger partial charge in [-0.25, -0.2) is 4.68 Å². The lowest BCUT2D eigenvalue weighted by atomic mass is 9.76. The maximum absolute atomic E-state index is 13.0. The summed E-state index contributed by atoms with van der Waals surface area (Å²) in [4.78, 5) is 0. The zero-order valence-corrected chi connectivity index (χ0v) is 11.5. The number of halogens is 3. The molecule has 1 aromatic carbocycles. The first-order valence-electron chi connectivity index (χ1n) is 6.94. The van der Waals surface area contributed by atoms with Crippen molar-refractivity contribution in [2.75, 3.05) is 6.61 Å². The quantitative estimate of drug-likeness (QED) is 0.823. The van der Waals surface area contributed by atoms with E-state index < -0.39 is 24.3 Å². The van der Waals surface area contributed by atoms with Crippen LogP contribution < -0.4 is 5.46 Å². The van der Waals surface area contributed by atoms with Crippen molar-refractivity contribution in [2.45, 2.75) is 31.7 Å². The van der Waals surface area contributed by atoms with E-state index in [1.807, 2.05) is 0 Å². The molecule has 2 aromatic rings. The van der Waals surface area contributed by atoms with Crippen LogP contribution in [-0.4, -0.2) is 33.6 Å². The molecule has 1 aromatic heterocycles. The van der Waals surface area contributed by atoms with Gasteiger partial charge in [-0.3, -0.25) is 0 Å². The molecule has 1 aliphatic rings. The van der Waals surface area contributed by atoms with Crippen LogP contribution in [0.15, 0.2) is 18.3 Å². The first kappa shape index (κ1) is 15.3. The van der Waals surface area contributed by atoms with Crippen molar-refractivity contribution in [3.05, 3.63) is 23.9 Å². The second kappa shape index (κ2) is 5.56. The molecule has 1 fully saturated rings.